The van der Waals surface area contributed by atoms with E-state index in [0.717, 1.165) is 12.4 Å². The Labute approximate surface area is 97.7 Å². The zero-order valence-electron chi connectivity index (χ0n) is 9.06. The highest BCUT2D eigenvalue weighted by Crippen LogP contribution is 2.39. The maximum Gasteiger partial charge on any atom is 0.315 e. The summed E-state index contributed by atoms with van der Waals surface area (Å²) in [7, 11) is 0. The van der Waals surface area contributed by atoms with Crippen molar-refractivity contribution in [3.8, 4) is 0 Å². The maximum atomic E-state index is 5.52. The van der Waals surface area contributed by atoms with Crippen LogP contribution in [0, 0.1) is 6.92 Å². The fourth-order valence-corrected chi connectivity index (χ4v) is 2.39. The van der Waals surface area contributed by atoms with Gasteiger partial charge in [-0.25, -0.2) is 0 Å². The minimum absolute atomic E-state index is 0.520. The van der Waals surface area contributed by atoms with E-state index in [2.05, 4.69) is 33.9 Å². The Kier molecular flexibility index (Phi) is 2.40. The summed E-state index contributed by atoms with van der Waals surface area (Å²) in [6.45, 7) is 2.87. The normalized spacial score (nSPS) is 15.3. The molecule has 0 aliphatic heterocycles. The summed E-state index contributed by atoms with van der Waals surface area (Å²) < 4.78 is 5.52. The molecule has 1 aliphatic rings. The second-order valence-electron chi connectivity index (χ2n) is 4.10. The van der Waals surface area contributed by atoms with Crippen LogP contribution in [0.4, 0.5) is 6.01 Å². The smallest absolute Gasteiger partial charge is 0.315 e. The molecule has 2 aromatic rings. The Hall–Kier alpha value is -1.36. The molecule has 0 aromatic carbocycles. The summed E-state index contributed by atoms with van der Waals surface area (Å²) >= 11 is 1.74. The largest absolute Gasteiger partial charge is 0.408 e. The Morgan fingerprint density at radius 1 is 1.50 bits per heavy atom. The molecular formula is C11H13N3OS. The van der Waals surface area contributed by atoms with Crippen molar-refractivity contribution < 1.29 is 4.42 Å². The highest BCUT2D eigenvalue weighted by atomic mass is 32.1. The predicted molar refractivity (Wildman–Crippen MR) is 62.7 cm³/mol. The molecule has 4 nitrogen and oxygen atoms in total. The van der Waals surface area contributed by atoms with Crippen LogP contribution in [0.1, 0.15) is 35.1 Å². The molecule has 0 radical (unpaired) electrons. The third kappa shape index (κ3) is 1.95. The summed E-state index contributed by atoms with van der Waals surface area (Å²) in [6.07, 6.45) is 2.37. The van der Waals surface area contributed by atoms with Gasteiger partial charge in [0, 0.05) is 10.8 Å². The molecule has 1 aliphatic carbocycles. The van der Waals surface area contributed by atoms with E-state index < -0.39 is 0 Å². The first-order valence-corrected chi connectivity index (χ1v) is 6.31. The molecule has 3 rings (SSSR count). The molecule has 0 atom stereocenters. The van der Waals surface area contributed by atoms with Crippen LogP contribution < -0.4 is 5.32 Å². The molecule has 84 valence electrons. The number of anilines is 1. The van der Waals surface area contributed by atoms with Crippen molar-refractivity contribution in [3.05, 3.63) is 27.8 Å². The molecule has 1 saturated carbocycles. The number of aromatic nitrogens is 2. The van der Waals surface area contributed by atoms with Gasteiger partial charge in [-0.15, -0.1) is 16.4 Å². The van der Waals surface area contributed by atoms with Crippen molar-refractivity contribution in [3.63, 3.8) is 0 Å². The molecule has 0 saturated heterocycles. The lowest BCUT2D eigenvalue weighted by Gasteiger charge is -1.99. The van der Waals surface area contributed by atoms with E-state index in [4.69, 9.17) is 4.42 Å². The number of thiophene rings is 1. The topological polar surface area (TPSA) is 51.0 Å². The van der Waals surface area contributed by atoms with Gasteiger partial charge in [-0.3, -0.25) is 0 Å². The van der Waals surface area contributed by atoms with E-state index in [0.29, 0.717) is 11.9 Å². The van der Waals surface area contributed by atoms with Gasteiger partial charge < -0.3 is 9.73 Å². The number of aryl methyl sites for hydroxylation is 1. The predicted octanol–water partition coefficient (Wildman–Crippen LogP) is 2.93. The summed E-state index contributed by atoms with van der Waals surface area (Å²) in [5.41, 5.74) is 1.31. The number of rotatable bonds is 4. The SMILES string of the molecule is Cc1ccsc1CNc1nnc(C2CC2)o1. The fourth-order valence-electron chi connectivity index (χ4n) is 1.54. The Morgan fingerprint density at radius 3 is 3.06 bits per heavy atom. The van der Waals surface area contributed by atoms with Crippen molar-refractivity contribution in [1.29, 1.82) is 0 Å². The monoisotopic (exact) mass is 235 g/mol. The van der Waals surface area contributed by atoms with Crippen LogP contribution in [0.2, 0.25) is 0 Å². The van der Waals surface area contributed by atoms with E-state index in [1.165, 1.54) is 23.3 Å². The molecule has 0 unspecified atom stereocenters. The molecule has 1 fully saturated rings. The first-order valence-electron chi connectivity index (χ1n) is 5.43. The molecule has 0 bridgehead atoms. The minimum atomic E-state index is 0.520. The van der Waals surface area contributed by atoms with Crippen LogP contribution in [0.5, 0.6) is 0 Å². The van der Waals surface area contributed by atoms with Gasteiger partial charge in [0.25, 0.3) is 0 Å². The Balaban J connectivity index is 1.63. The lowest BCUT2D eigenvalue weighted by Crippen LogP contribution is -1.98. The third-order valence-electron chi connectivity index (χ3n) is 2.74. The number of hydrogen-bond acceptors (Lipinski definition) is 5. The van der Waals surface area contributed by atoms with Gasteiger partial charge in [0.05, 0.1) is 6.54 Å². The van der Waals surface area contributed by atoms with Gasteiger partial charge in [-0.05, 0) is 36.8 Å². The lowest BCUT2D eigenvalue weighted by molar-refractivity contribution is 0.507. The van der Waals surface area contributed by atoms with Crippen molar-refractivity contribution in [2.45, 2.75) is 32.2 Å². The van der Waals surface area contributed by atoms with Gasteiger partial charge >= 0.3 is 6.01 Å². The Morgan fingerprint density at radius 2 is 2.38 bits per heavy atom. The second kappa shape index (κ2) is 3.90. The van der Waals surface area contributed by atoms with E-state index in [1.54, 1.807) is 11.3 Å². The van der Waals surface area contributed by atoms with Gasteiger partial charge in [0.2, 0.25) is 5.89 Å². The zero-order valence-corrected chi connectivity index (χ0v) is 9.88. The van der Waals surface area contributed by atoms with Crippen molar-refractivity contribution in [2.75, 3.05) is 5.32 Å². The van der Waals surface area contributed by atoms with Gasteiger partial charge in [0.1, 0.15) is 0 Å². The van der Waals surface area contributed by atoms with Crippen LogP contribution >= 0.6 is 11.3 Å². The molecule has 1 N–H and O–H groups in total. The summed E-state index contributed by atoms with van der Waals surface area (Å²) in [6, 6.07) is 2.65. The first kappa shape index (κ1) is 9.84. The maximum absolute atomic E-state index is 5.52. The van der Waals surface area contributed by atoms with E-state index in [1.807, 2.05) is 0 Å². The second-order valence-corrected chi connectivity index (χ2v) is 5.10. The van der Waals surface area contributed by atoms with Crippen LogP contribution in [0.3, 0.4) is 0 Å². The third-order valence-corrected chi connectivity index (χ3v) is 3.76. The number of nitrogens with one attached hydrogen (secondary N) is 1. The summed E-state index contributed by atoms with van der Waals surface area (Å²) in [5, 5.41) is 13.3. The van der Waals surface area contributed by atoms with Crippen LogP contribution in [0.25, 0.3) is 0 Å². The molecule has 5 heteroatoms. The summed E-state index contributed by atoms with van der Waals surface area (Å²) in [5.74, 6) is 1.30. The molecule has 0 amide bonds. The molecular weight excluding hydrogens is 222 g/mol. The van der Waals surface area contributed by atoms with Crippen LogP contribution in [0.15, 0.2) is 15.9 Å². The molecule has 0 spiro atoms. The average Bonchev–Trinajstić information content (AvgIpc) is 2.89. The first-order chi connectivity index (χ1) is 7.83. The van der Waals surface area contributed by atoms with Crippen molar-refractivity contribution in [2.24, 2.45) is 0 Å². The van der Waals surface area contributed by atoms with Crippen molar-refractivity contribution >= 4 is 17.4 Å². The highest BCUT2D eigenvalue weighted by molar-refractivity contribution is 7.10. The van der Waals surface area contributed by atoms with E-state index in [9.17, 15) is 0 Å². The lowest BCUT2D eigenvalue weighted by atomic mass is 10.3. The van der Waals surface area contributed by atoms with Crippen LogP contribution in [-0.4, -0.2) is 10.2 Å². The molecule has 2 heterocycles. The van der Waals surface area contributed by atoms with E-state index >= 15 is 0 Å². The Bertz CT molecular complexity index is 487. The molecule has 16 heavy (non-hydrogen) atoms. The zero-order chi connectivity index (χ0) is 11.0. The van der Waals surface area contributed by atoms with Gasteiger partial charge in [-0.2, -0.15) is 0 Å². The standard InChI is InChI=1S/C11H13N3OS/c1-7-4-5-16-9(7)6-12-11-14-13-10(15-11)8-2-3-8/h4-5,8H,2-3,6H2,1H3,(H,12,14). The van der Waals surface area contributed by atoms with Gasteiger partial charge in [0.15, 0.2) is 0 Å². The number of hydrogen-bond donors (Lipinski definition) is 1. The minimum Gasteiger partial charge on any atom is -0.408 e. The molecule has 2 aromatic heterocycles. The fraction of sp³-hybridized carbons (Fsp3) is 0.455. The quantitative estimate of drug-likeness (QED) is 0.885. The van der Waals surface area contributed by atoms with E-state index in [-0.39, 0.29) is 0 Å². The summed E-state index contributed by atoms with van der Waals surface area (Å²) in [4.78, 5) is 1.31. The average molecular weight is 235 g/mol. The van der Waals surface area contributed by atoms with Crippen LogP contribution in [-0.2, 0) is 6.54 Å². The number of nitrogens with zero attached hydrogens (tertiary/aromatic N) is 2. The highest BCUT2D eigenvalue weighted by Gasteiger charge is 2.29. The van der Waals surface area contributed by atoms with Gasteiger partial charge in [-0.1, -0.05) is 5.10 Å². The van der Waals surface area contributed by atoms with Crippen molar-refractivity contribution in [1.82, 2.24) is 10.2 Å².